The third-order valence-electron chi connectivity index (χ3n) is 4.89. The van der Waals surface area contributed by atoms with Gasteiger partial charge in [-0.3, -0.25) is 19.6 Å². The second-order valence-corrected chi connectivity index (χ2v) is 6.82. The van der Waals surface area contributed by atoms with Gasteiger partial charge < -0.3 is 20.1 Å². The molecule has 2 atom stereocenters. The molecule has 0 spiro atoms. The van der Waals surface area contributed by atoms with Crippen molar-refractivity contribution in [3.8, 4) is 11.5 Å². The quantitative estimate of drug-likeness (QED) is 0.293. The molecule has 0 bridgehead atoms. The standard InChI is InChI=1S/C20H17F4N3O6/c21-19(22)32-13-6-5-9(7-14(13)33-20(23)24)12(8-15(28)26-31)27-16(17(25)29)10-3-1-2-4-11(10)18(27)30/h1-7,12,16,19-20,31H,8H2,(H2,25,29)(H,26,28). The molecule has 0 radical (unpaired) electrons. The van der Waals surface area contributed by atoms with Crippen molar-refractivity contribution < 1.29 is 46.6 Å². The number of amides is 3. The van der Waals surface area contributed by atoms with Crippen LogP contribution in [0.5, 0.6) is 11.5 Å². The van der Waals surface area contributed by atoms with Crippen molar-refractivity contribution in [1.29, 1.82) is 0 Å². The molecule has 1 aliphatic rings. The van der Waals surface area contributed by atoms with Crippen LogP contribution in [0, 0.1) is 0 Å². The maximum atomic E-state index is 13.1. The zero-order chi connectivity index (χ0) is 24.3. The fourth-order valence-corrected chi connectivity index (χ4v) is 3.66. The molecular weight excluding hydrogens is 454 g/mol. The monoisotopic (exact) mass is 471 g/mol. The molecule has 0 aromatic heterocycles. The van der Waals surface area contributed by atoms with Crippen LogP contribution in [-0.4, -0.2) is 41.1 Å². The van der Waals surface area contributed by atoms with Gasteiger partial charge >= 0.3 is 13.2 Å². The summed E-state index contributed by atoms with van der Waals surface area (Å²) in [5, 5.41) is 8.98. The Hall–Kier alpha value is -3.87. The number of benzene rings is 2. The highest BCUT2D eigenvalue weighted by Gasteiger charge is 2.44. The first-order valence-electron chi connectivity index (χ1n) is 9.31. The molecule has 2 aromatic carbocycles. The van der Waals surface area contributed by atoms with Crippen LogP contribution in [0.15, 0.2) is 42.5 Å². The van der Waals surface area contributed by atoms with E-state index in [9.17, 15) is 31.9 Å². The fourth-order valence-electron chi connectivity index (χ4n) is 3.66. The van der Waals surface area contributed by atoms with Crippen LogP contribution in [0.25, 0.3) is 0 Å². The largest absolute Gasteiger partial charge is 0.431 e. The molecule has 33 heavy (non-hydrogen) atoms. The van der Waals surface area contributed by atoms with Crippen molar-refractivity contribution >= 4 is 17.7 Å². The minimum atomic E-state index is -3.41. The Morgan fingerprint density at radius 1 is 1.06 bits per heavy atom. The number of carbonyl (C=O) groups is 3. The third-order valence-corrected chi connectivity index (χ3v) is 4.89. The molecule has 9 nitrogen and oxygen atoms in total. The molecule has 0 fully saturated rings. The second kappa shape index (κ2) is 9.73. The number of nitrogens with two attached hydrogens (primary N) is 1. The number of rotatable bonds is 9. The SMILES string of the molecule is NC(=O)C1c2ccccc2C(=O)N1C(CC(=O)NO)c1ccc(OC(F)F)c(OC(F)F)c1. The first-order valence-corrected chi connectivity index (χ1v) is 9.31. The number of hydroxylamine groups is 1. The highest BCUT2D eigenvalue weighted by atomic mass is 19.3. The lowest BCUT2D eigenvalue weighted by Crippen LogP contribution is -2.40. The molecule has 1 aliphatic heterocycles. The minimum Gasteiger partial charge on any atom is -0.431 e. The number of nitrogens with one attached hydrogen (secondary N) is 1. The van der Waals surface area contributed by atoms with Crippen molar-refractivity contribution in [2.75, 3.05) is 0 Å². The van der Waals surface area contributed by atoms with E-state index >= 15 is 0 Å². The summed E-state index contributed by atoms with van der Waals surface area (Å²) in [6.07, 6.45) is -0.636. The lowest BCUT2D eigenvalue weighted by molar-refractivity contribution is -0.131. The van der Waals surface area contributed by atoms with Crippen molar-refractivity contribution in [3.63, 3.8) is 0 Å². The average molecular weight is 471 g/mol. The Balaban J connectivity index is 2.13. The molecule has 176 valence electrons. The molecule has 0 saturated carbocycles. The van der Waals surface area contributed by atoms with Crippen molar-refractivity contribution in [2.45, 2.75) is 31.7 Å². The highest BCUT2D eigenvalue weighted by Crippen LogP contribution is 2.43. The topological polar surface area (TPSA) is 131 Å². The van der Waals surface area contributed by atoms with E-state index in [0.717, 1.165) is 23.1 Å². The van der Waals surface area contributed by atoms with Crippen molar-refractivity contribution in [2.24, 2.45) is 5.73 Å². The predicted octanol–water partition coefficient (Wildman–Crippen LogP) is 2.51. The van der Waals surface area contributed by atoms with Gasteiger partial charge in [-0.15, -0.1) is 0 Å². The van der Waals surface area contributed by atoms with Crippen LogP contribution >= 0.6 is 0 Å². The highest BCUT2D eigenvalue weighted by molar-refractivity contribution is 6.04. The number of fused-ring (bicyclic) bond motifs is 1. The predicted molar refractivity (Wildman–Crippen MR) is 102 cm³/mol. The Bertz CT molecular complexity index is 1070. The summed E-state index contributed by atoms with van der Waals surface area (Å²) in [5.74, 6) is -4.14. The molecule has 3 amide bonds. The number of halogens is 4. The molecule has 13 heteroatoms. The molecular formula is C20H17F4N3O6. The Labute approximate surface area is 183 Å². The molecule has 2 aromatic rings. The summed E-state index contributed by atoms with van der Waals surface area (Å²) >= 11 is 0. The number of nitrogens with zero attached hydrogens (tertiary/aromatic N) is 1. The summed E-state index contributed by atoms with van der Waals surface area (Å²) in [6.45, 7) is -6.75. The van der Waals surface area contributed by atoms with Gasteiger partial charge in [-0.05, 0) is 29.3 Å². The molecule has 1 heterocycles. The van der Waals surface area contributed by atoms with E-state index in [1.54, 1.807) is 12.1 Å². The third kappa shape index (κ3) is 4.98. The number of alkyl halides is 4. The maximum Gasteiger partial charge on any atom is 0.387 e. The fraction of sp³-hybridized carbons (Fsp3) is 0.250. The molecule has 0 saturated heterocycles. The lowest BCUT2D eigenvalue weighted by atomic mass is 9.98. The van der Waals surface area contributed by atoms with E-state index in [0.29, 0.717) is 0 Å². The van der Waals surface area contributed by atoms with E-state index in [1.807, 2.05) is 0 Å². The Kier molecular flexibility index (Phi) is 7.01. The Morgan fingerprint density at radius 3 is 2.30 bits per heavy atom. The van der Waals surface area contributed by atoms with Crippen LogP contribution in [0.3, 0.4) is 0 Å². The van der Waals surface area contributed by atoms with Gasteiger partial charge in [0.15, 0.2) is 11.5 Å². The van der Waals surface area contributed by atoms with E-state index in [1.165, 1.54) is 17.6 Å². The Morgan fingerprint density at radius 2 is 1.70 bits per heavy atom. The van der Waals surface area contributed by atoms with Crippen molar-refractivity contribution in [1.82, 2.24) is 10.4 Å². The molecule has 0 aliphatic carbocycles. The summed E-state index contributed by atoms with van der Waals surface area (Å²) in [6, 6.07) is 6.23. The van der Waals surface area contributed by atoms with Gasteiger partial charge in [0.05, 0.1) is 12.5 Å². The first kappa shape index (κ1) is 23.8. The van der Waals surface area contributed by atoms with Gasteiger partial charge in [-0.25, -0.2) is 5.48 Å². The van der Waals surface area contributed by atoms with Crippen LogP contribution in [0.2, 0.25) is 0 Å². The molecule has 2 unspecified atom stereocenters. The minimum absolute atomic E-state index is 0.0525. The zero-order valence-electron chi connectivity index (χ0n) is 16.6. The maximum absolute atomic E-state index is 13.1. The smallest absolute Gasteiger partial charge is 0.387 e. The molecule has 4 N–H and O–H groups in total. The lowest BCUT2D eigenvalue weighted by Gasteiger charge is -2.32. The van der Waals surface area contributed by atoms with Gasteiger partial charge in [-0.1, -0.05) is 24.3 Å². The summed E-state index contributed by atoms with van der Waals surface area (Å²) in [5.41, 5.74) is 7.22. The number of hydrogen-bond acceptors (Lipinski definition) is 6. The van der Waals surface area contributed by atoms with Gasteiger partial charge in [0.25, 0.3) is 5.91 Å². The first-order chi connectivity index (χ1) is 15.6. The van der Waals surface area contributed by atoms with Crippen LogP contribution < -0.4 is 20.7 Å². The summed E-state index contributed by atoms with van der Waals surface area (Å²) < 4.78 is 59.5. The number of carbonyl (C=O) groups excluding carboxylic acids is 3. The molecule has 3 rings (SSSR count). The van der Waals surface area contributed by atoms with Gasteiger partial charge in [0.2, 0.25) is 11.8 Å². The zero-order valence-corrected chi connectivity index (χ0v) is 16.6. The van der Waals surface area contributed by atoms with Crippen LogP contribution in [0.4, 0.5) is 17.6 Å². The summed E-state index contributed by atoms with van der Waals surface area (Å²) in [7, 11) is 0. The van der Waals surface area contributed by atoms with Gasteiger partial charge in [-0.2, -0.15) is 17.6 Å². The van der Waals surface area contributed by atoms with Gasteiger partial charge in [0, 0.05) is 5.56 Å². The van der Waals surface area contributed by atoms with E-state index in [2.05, 4.69) is 9.47 Å². The summed E-state index contributed by atoms with van der Waals surface area (Å²) in [4.78, 5) is 38.3. The number of primary amides is 1. The van der Waals surface area contributed by atoms with E-state index < -0.39 is 60.9 Å². The van der Waals surface area contributed by atoms with Gasteiger partial charge in [0.1, 0.15) is 6.04 Å². The van der Waals surface area contributed by atoms with Crippen molar-refractivity contribution in [3.05, 3.63) is 59.2 Å². The van der Waals surface area contributed by atoms with E-state index in [4.69, 9.17) is 10.9 Å². The second-order valence-electron chi connectivity index (χ2n) is 6.82. The number of hydrogen-bond donors (Lipinski definition) is 3. The number of ether oxygens (including phenoxy) is 2. The van der Waals surface area contributed by atoms with Crippen LogP contribution in [0.1, 0.15) is 40.0 Å². The normalized spacial score (nSPS) is 16.0. The van der Waals surface area contributed by atoms with Crippen LogP contribution in [-0.2, 0) is 9.59 Å². The van der Waals surface area contributed by atoms with E-state index in [-0.39, 0.29) is 16.7 Å². The average Bonchev–Trinajstić information content (AvgIpc) is 3.05.